The Morgan fingerprint density at radius 2 is 1.95 bits per heavy atom. The number of carbonyl (C=O) groups is 1. The van der Waals surface area contributed by atoms with E-state index in [0.717, 1.165) is 5.56 Å². The number of rotatable bonds is 6. The first-order chi connectivity index (χ1) is 8.89. The predicted octanol–water partition coefficient (Wildman–Crippen LogP) is 2.68. The highest BCUT2D eigenvalue weighted by molar-refractivity contribution is 6.21. The molecule has 0 aliphatic rings. The molecule has 0 aromatic heterocycles. The second-order valence-corrected chi connectivity index (χ2v) is 5.85. The number of amides is 1. The lowest BCUT2D eigenvalue weighted by Crippen LogP contribution is -2.44. The first kappa shape index (κ1) is 16.0. The molecule has 19 heavy (non-hydrogen) atoms. The Bertz CT molecular complexity index is 406. The van der Waals surface area contributed by atoms with Crippen molar-refractivity contribution in [2.45, 2.75) is 24.6 Å². The summed E-state index contributed by atoms with van der Waals surface area (Å²) in [4.78, 5) is 14.2. The number of nitrogens with zero attached hydrogens (tertiary/aromatic N) is 1. The van der Waals surface area contributed by atoms with Gasteiger partial charge in [0.15, 0.2) is 0 Å². The number of benzene rings is 1. The number of halogens is 1. The minimum atomic E-state index is -0.556. The van der Waals surface area contributed by atoms with Crippen LogP contribution in [0.2, 0.25) is 0 Å². The first-order valence-electron chi connectivity index (χ1n) is 6.33. The molecular weight excluding hydrogens is 262 g/mol. The van der Waals surface area contributed by atoms with Crippen molar-refractivity contribution in [2.24, 2.45) is 0 Å². The van der Waals surface area contributed by atoms with E-state index in [1.807, 2.05) is 44.2 Å². The molecule has 1 amide bonds. The zero-order valence-corrected chi connectivity index (χ0v) is 12.8. The highest BCUT2D eigenvalue weighted by Crippen LogP contribution is 2.25. The first-order valence-corrected chi connectivity index (χ1v) is 6.77. The number of methoxy groups -OCH3 is 1. The van der Waals surface area contributed by atoms with E-state index in [1.165, 1.54) is 0 Å². The molecule has 0 spiro atoms. The van der Waals surface area contributed by atoms with Gasteiger partial charge in [-0.1, -0.05) is 30.3 Å². The van der Waals surface area contributed by atoms with E-state index in [4.69, 9.17) is 16.3 Å². The van der Waals surface area contributed by atoms with E-state index < -0.39 is 5.41 Å². The van der Waals surface area contributed by atoms with E-state index in [9.17, 15) is 4.79 Å². The normalized spacial score (nSPS) is 13.1. The lowest BCUT2D eigenvalue weighted by Gasteiger charge is -2.30. The van der Waals surface area contributed by atoms with Crippen LogP contribution in [0.3, 0.4) is 0 Å². The van der Waals surface area contributed by atoms with Gasteiger partial charge in [0.25, 0.3) is 0 Å². The summed E-state index contributed by atoms with van der Waals surface area (Å²) < 4.78 is 4.98. The maximum absolute atomic E-state index is 12.5. The zero-order valence-electron chi connectivity index (χ0n) is 12.0. The Morgan fingerprint density at radius 1 is 1.37 bits per heavy atom. The summed E-state index contributed by atoms with van der Waals surface area (Å²) in [6, 6.07) is 9.78. The monoisotopic (exact) mass is 283 g/mol. The standard InChI is InChI=1S/C15H22ClNO2/c1-15(2,12-8-6-5-7-9-12)14(18)17(3)10-13(16)11-19-4/h5-9,13H,10-11H2,1-4H3. The third-order valence-corrected chi connectivity index (χ3v) is 3.46. The average molecular weight is 284 g/mol. The lowest BCUT2D eigenvalue weighted by atomic mass is 9.83. The molecule has 0 bridgehead atoms. The molecule has 106 valence electrons. The minimum Gasteiger partial charge on any atom is -0.383 e. The van der Waals surface area contributed by atoms with E-state index in [1.54, 1.807) is 19.1 Å². The van der Waals surface area contributed by atoms with Crippen LogP contribution in [0.5, 0.6) is 0 Å². The number of carbonyl (C=O) groups excluding carboxylic acids is 1. The number of likely N-dealkylation sites (N-methyl/N-ethyl adjacent to an activating group) is 1. The second kappa shape index (κ2) is 6.92. The van der Waals surface area contributed by atoms with Gasteiger partial charge in [-0.2, -0.15) is 0 Å². The van der Waals surface area contributed by atoms with Crippen molar-refractivity contribution in [3.8, 4) is 0 Å². The quantitative estimate of drug-likeness (QED) is 0.751. The fraction of sp³-hybridized carbons (Fsp3) is 0.533. The SMILES string of the molecule is COCC(Cl)CN(C)C(=O)C(C)(C)c1ccccc1. The molecule has 0 aliphatic carbocycles. The summed E-state index contributed by atoms with van der Waals surface area (Å²) >= 11 is 6.10. The smallest absolute Gasteiger partial charge is 0.232 e. The highest BCUT2D eigenvalue weighted by Gasteiger charge is 2.32. The van der Waals surface area contributed by atoms with Crippen molar-refractivity contribution >= 4 is 17.5 Å². The summed E-state index contributed by atoms with van der Waals surface area (Å²) in [7, 11) is 3.38. The van der Waals surface area contributed by atoms with E-state index in [-0.39, 0.29) is 11.3 Å². The van der Waals surface area contributed by atoms with Crippen LogP contribution in [0.4, 0.5) is 0 Å². The van der Waals surface area contributed by atoms with Gasteiger partial charge in [0.1, 0.15) is 0 Å². The van der Waals surface area contributed by atoms with Crippen LogP contribution in [-0.2, 0) is 14.9 Å². The third-order valence-electron chi connectivity index (χ3n) is 3.20. The van der Waals surface area contributed by atoms with Crippen molar-refractivity contribution < 1.29 is 9.53 Å². The van der Waals surface area contributed by atoms with Crippen molar-refractivity contribution in [3.63, 3.8) is 0 Å². The molecule has 0 aliphatic heterocycles. The van der Waals surface area contributed by atoms with Crippen LogP contribution in [0.1, 0.15) is 19.4 Å². The Balaban J connectivity index is 2.75. The maximum Gasteiger partial charge on any atom is 0.232 e. The van der Waals surface area contributed by atoms with Crippen LogP contribution >= 0.6 is 11.6 Å². The van der Waals surface area contributed by atoms with Crippen LogP contribution < -0.4 is 0 Å². The van der Waals surface area contributed by atoms with Crippen LogP contribution in [-0.4, -0.2) is 43.5 Å². The fourth-order valence-corrected chi connectivity index (χ4v) is 2.40. The molecule has 0 radical (unpaired) electrons. The fourth-order valence-electron chi connectivity index (χ4n) is 2.07. The van der Waals surface area contributed by atoms with Gasteiger partial charge < -0.3 is 9.64 Å². The zero-order chi connectivity index (χ0) is 14.5. The van der Waals surface area contributed by atoms with Gasteiger partial charge in [0.05, 0.1) is 17.4 Å². The summed E-state index contributed by atoms with van der Waals surface area (Å²) in [5.74, 6) is 0.0560. The van der Waals surface area contributed by atoms with Gasteiger partial charge in [-0.05, 0) is 19.4 Å². The number of alkyl halides is 1. The Hall–Kier alpha value is -1.06. The highest BCUT2D eigenvalue weighted by atomic mass is 35.5. The minimum absolute atomic E-state index is 0.0560. The number of hydrogen-bond donors (Lipinski definition) is 0. The Labute approximate surface area is 120 Å². The van der Waals surface area contributed by atoms with Crippen molar-refractivity contribution in [2.75, 3.05) is 27.3 Å². The molecule has 1 atom stereocenters. The molecule has 1 rings (SSSR count). The molecule has 0 saturated heterocycles. The molecule has 0 saturated carbocycles. The lowest BCUT2D eigenvalue weighted by molar-refractivity contribution is -0.135. The second-order valence-electron chi connectivity index (χ2n) is 5.23. The molecule has 3 nitrogen and oxygen atoms in total. The van der Waals surface area contributed by atoms with Gasteiger partial charge in [-0.3, -0.25) is 4.79 Å². The molecule has 1 unspecified atom stereocenters. The number of hydrogen-bond acceptors (Lipinski definition) is 2. The van der Waals surface area contributed by atoms with E-state index >= 15 is 0 Å². The molecule has 0 heterocycles. The van der Waals surface area contributed by atoms with Crippen molar-refractivity contribution in [3.05, 3.63) is 35.9 Å². The van der Waals surface area contributed by atoms with Gasteiger partial charge in [-0.25, -0.2) is 0 Å². The Kier molecular flexibility index (Phi) is 5.83. The third kappa shape index (κ3) is 4.22. The van der Waals surface area contributed by atoms with Crippen LogP contribution in [0.15, 0.2) is 30.3 Å². The predicted molar refractivity (Wildman–Crippen MR) is 78.6 cm³/mol. The maximum atomic E-state index is 12.5. The molecule has 1 aromatic carbocycles. The summed E-state index contributed by atoms with van der Waals surface area (Å²) in [6.07, 6.45) is 0. The summed E-state index contributed by atoms with van der Waals surface area (Å²) in [5, 5.41) is -0.189. The molecule has 0 fully saturated rings. The van der Waals surface area contributed by atoms with Crippen molar-refractivity contribution in [1.82, 2.24) is 4.90 Å². The largest absolute Gasteiger partial charge is 0.383 e. The van der Waals surface area contributed by atoms with Gasteiger partial charge in [0.2, 0.25) is 5.91 Å². The number of ether oxygens (including phenoxy) is 1. The van der Waals surface area contributed by atoms with Crippen LogP contribution in [0.25, 0.3) is 0 Å². The van der Waals surface area contributed by atoms with Crippen molar-refractivity contribution in [1.29, 1.82) is 0 Å². The average Bonchev–Trinajstić information content (AvgIpc) is 2.39. The Morgan fingerprint density at radius 3 is 2.47 bits per heavy atom. The summed E-state index contributed by atoms with van der Waals surface area (Å²) in [6.45, 7) is 4.77. The molecule has 0 N–H and O–H groups in total. The molecule has 1 aromatic rings. The van der Waals surface area contributed by atoms with E-state index in [0.29, 0.717) is 13.2 Å². The van der Waals surface area contributed by atoms with E-state index in [2.05, 4.69) is 0 Å². The molecule has 4 heteroatoms. The van der Waals surface area contributed by atoms with Gasteiger partial charge in [-0.15, -0.1) is 11.6 Å². The summed E-state index contributed by atoms with van der Waals surface area (Å²) in [5.41, 5.74) is 0.449. The topological polar surface area (TPSA) is 29.5 Å². The molecular formula is C15H22ClNO2. The van der Waals surface area contributed by atoms with Crippen LogP contribution in [0, 0.1) is 0 Å². The van der Waals surface area contributed by atoms with Gasteiger partial charge >= 0.3 is 0 Å². The van der Waals surface area contributed by atoms with Gasteiger partial charge in [0, 0.05) is 20.7 Å².